The van der Waals surface area contributed by atoms with Crippen LogP contribution in [0.1, 0.15) is 17.9 Å². The molecule has 0 radical (unpaired) electrons. The Hall–Kier alpha value is -3.55. The summed E-state index contributed by atoms with van der Waals surface area (Å²) >= 11 is 0. The van der Waals surface area contributed by atoms with Crippen molar-refractivity contribution in [2.75, 3.05) is 11.4 Å². The highest BCUT2D eigenvalue weighted by molar-refractivity contribution is 5.99. The Bertz CT molecular complexity index is 1010. The van der Waals surface area contributed by atoms with Crippen molar-refractivity contribution in [3.8, 4) is 17.4 Å². The number of hydrogen-bond acceptors (Lipinski definition) is 6. The highest BCUT2D eigenvalue weighted by Gasteiger charge is 2.35. The van der Waals surface area contributed by atoms with Crippen LogP contribution in [0.15, 0.2) is 51.5 Å². The van der Waals surface area contributed by atoms with Crippen LogP contribution in [0.4, 0.5) is 5.69 Å². The number of oxazole rings is 1. The zero-order valence-corrected chi connectivity index (χ0v) is 15.1. The van der Waals surface area contributed by atoms with Crippen molar-refractivity contribution in [3.05, 3.63) is 54.1 Å². The van der Waals surface area contributed by atoms with Gasteiger partial charge < -0.3 is 23.6 Å². The van der Waals surface area contributed by atoms with Crippen molar-refractivity contribution in [1.82, 2.24) is 4.98 Å². The van der Waals surface area contributed by atoms with E-state index in [1.807, 2.05) is 0 Å². The third-order valence-electron chi connectivity index (χ3n) is 4.60. The maximum Gasteiger partial charge on any atom is 0.308 e. The minimum atomic E-state index is -0.961. The fraction of sp³-hybridized carbons (Fsp3) is 0.250. The molecule has 0 unspecified atom stereocenters. The predicted molar refractivity (Wildman–Crippen MR) is 97.8 cm³/mol. The molecule has 0 bridgehead atoms. The second kappa shape index (κ2) is 7.22. The van der Waals surface area contributed by atoms with Gasteiger partial charge >= 0.3 is 5.97 Å². The quantitative estimate of drug-likeness (QED) is 0.697. The molecule has 3 heterocycles. The number of ether oxygens (including phenoxy) is 1. The number of rotatable bonds is 6. The molecule has 1 aliphatic heterocycles. The van der Waals surface area contributed by atoms with Gasteiger partial charge in [0, 0.05) is 24.7 Å². The third-order valence-corrected chi connectivity index (χ3v) is 4.60. The van der Waals surface area contributed by atoms with Crippen LogP contribution >= 0.6 is 0 Å². The summed E-state index contributed by atoms with van der Waals surface area (Å²) in [5, 5.41) is 9.13. The Labute approximate surface area is 160 Å². The maximum absolute atomic E-state index is 12.1. The van der Waals surface area contributed by atoms with Crippen molar-refractivity contribution in [2.24, 2.45) is 5.92 Å². The molecule has 3 aromatic rings. The maximum atomic E-state index is 12.1. The first-order chi connectivity index (χ1) is 13.5. The van der Waals surface area contributed by atoms with Crippen molar-refractivity contribution in [2.45, 2.75) is 20.0 Å². The number of aliphatic carboxylic acids is 1. The van der Waals surface area contributed by atoms with E-state index in [0.29, 0.717) is 34.5 Å². The van der Waals surface area contributed by atoms with Crippen LogP contribution in [0.25, 0.3) is 11.7 Å². The molecular formula is C20H18N2O6. The van der Waals surface area contributed by atoms with Crippen LogP contribution in [0.2, 0.25) is 0 Å². The summed E-state index contributed by atoms with van der Waals surface area (Å²) < 4.78 is 16.7. The van der Waals surface area contributed by atoms with E-state index in [9.17, 15) is 9.59 Å². The lowest BCUT2D eigenvalue weighted by molar-refractivity contribution is -0.141. The van der Waals surface area contributed by atoms with E-state index in [4.69, 9.17) is 18.7 Å². The first-order valence-electron chi connectivity index (χ1n) is 8.77. The summed E-state index contributed by atoms with van der Waals surface area (Å²) in [5.74, 6) is 0.244. The lowest BCUT2D eigenvalue weighted by Gasteiger charge is -2.17. The molecule has 8 nitrogen and oxygen atoms in total. The van der Waals surface area contributed by atoms with Crippen LogP contribution in [-0.2, 0) is 16.2 Å². The van der Waals surface area contributed by atoms with E-state index < -0.39 is 11.9 Å². The number of benzene rings is 1. The number of nitrogens with zero attached hydrogens (tertiary/aromatic N) is 2. The molecule has 2 aromatic heterocycles. The van der Waals surface area contributed by atoms with Gasteiger partial charge in [-0.25, -0.2) is 4.98 Å². The first kappa shape index (κ1) is 17.8. The molecule has 1 fully saturated rings. The van der Waals surface area contributed by atoms with E-state index in [-0.39, 0.29) is 25.5 Å². The first-order valence-corrected chi connectivity index (χ1v) is 8.77. The number of furan rings is 1. The SMILES string of the molecule is Cc1oc(-c2ccco2)nc1COc1cccc(N2C[C@H](C(=O)O)CC2=O)c1. The van der Waals surface area contributed by atoms with Crippen molar-refractivity contribution < 1.29 is 28.3 Å². The smallest absolute Gasteiger partial charge is 0.308 e. The number of carboxylic acid groups (broad SMARTS) is 1. The average molecular weight is 382 g/mol. The third kappa shape index (κ3) is 3.48. The number of amides is 1. The Balaban J connectivity index is 1.46. The summed E-state index contributed by atoms with van der Waals surface area (Å²) in [6.45, 7) is 2.14. The minimum absolute atomic E-state index is 0.00804. The molecule has 1 aliphatic rings. The van der Waals surface area contributed by atoms with Gasteiger partial charge in [0.25, 0.3) is 5.89 Å². The number of anilines is 1. The van der Waals surface area contributed by atoms with Crippen LogP contribution < -0.4 is 9.64 Å². The summed E-state index contributed by atoms with van der Waals surface area (Å²) in [4.78, 5) is 29.1. The van der Waals surface area contributed by atoms with Gasteiger partial charge in [-0.1, -0.05) is 6.07 Å². The van der Waals surface area contributed by atoms with Gasteiger partial charge in [-0.2, -0.15) is 0 Å². The standard InChI is InChI=1S/C20H18N2O6/c1-12-16(21-19(28-12)17-6-3-7-26-17)11-27-15-5-2-4-14(9-15)22-10-13(20(24)25)8-18(22)23/h2-7,9,13H,8,10-11H2,1H3,(H,24,25)/t13-/m1/s1. The highest BCUT2D eigenvalue weighted by atomic mass is 16.5. The van der Waals surface area contributed by atoms with Gasteiger partial charge in [-0.15, -0.1) is 0 Å². The fourth-order valence-corrected chi connectivity index (χ4v) is 3.08. The Morgan fingerprint density at radius 3 is 2.93 bits per heavy atom. The van der Waals surface area contributed by atoms with Gasteiger partial charge in [-0.05, 0) is 31.2 Å². The van der Waals surface area contributed by atoms with E-state index >= 15 is 0 Å². The lowest BCUT2D eigenvalue weighted by atomic mass is 10.1. The summed E-state index contributed by atoms with van der Waals surface area (Å²) in [6.07, 6.45) is 1.55. The van der Waals surface area contributed by atoms with Gasteiger partial charge in [0.2, 0.25) is 5.91 Å². The molecule has 1 aromatic carbocycles. The number of aryl methyl sites for hydroxylation is 1. The molecule has 1 amide bonds. The number of carbonyl (C=O) groups is 2. The second-order valence-electron chi connectivity index (χ2n) is 6.53. The molecule has 0 spiro atoms. The molecule has 0 aliphatic carbocycles. The fourth-order valence-electron chi connectivity index (χ4n) is 3.08. The largest absolute Gasteiger partial charge is 0.487 e. The van der Waals surface area contributed by atoms with E-state index in [0.717, 1.165) is 0 Å². The number of carbonyl (C=O) groups excluding carboxylic acids is 1. The van der Waals surface area contributed by atoms with Crippen LogP contribution in [0.3, 0.4) is 0 Å². The summed E-state index contributed by atoms with van der Waals surface area (Å²) in [7, 11) is 0. The van der Waals surface area contributed by atoms with Crippen molar-refractivity contribution in [1.29, 1.82) is 0 Å². The van der Waals surface area contributed by atoms with Gasteiger partial charge in [0.15, 0.2) is 5.76 Å². The highest BCUT2D eigenvalue weighted by Crippen LogP contribution is 2.29. The normalized spacial score (nSPS) is 16.5. The summed E-state index contributed by atoms with van der Waals surface area (Å²) in [5.41, 5.74) is 1.25. The van der Waals surface area contributed by atoms with Crippen molar-refractivity contribution in [3.63, 3.8) is 0 Å². The molecule has 1 saturated heterocycles. The van der Waals surface area contributed by atoms with Crippen LogP contribution in [-0.4, -0.2) is 28.5 Å². The number of hydrogen-bond donors (Lipinski definition) is 1. The molecule has 4 rings (SSSR count). The molecular weight excluding hydrogens is 364 g/mol. The number of carboxylic acids is 1. The van der Waals surface area contributed by atoms with Gasteiger partial charge in [-0.3, -0.25) is 9.59 Å². The monoisotopic (exact) mass is 382 g/mol. The predicted octanol–water partition coefficient (Wildman–Crippen LogP) is 3.26. The zero-order chi connectivity index (χ0) is 19.7. The van der Waals surface area contributed by atoms with Gasteiger partial charge in [0.1, 0.15) is 23.8 Å². The summed E-state index contributed by atoms with van der Waals surface area (Å²) in [6, 6.07) is 10.5. The van der Waals surface area contributed by atoms with E-state index in [1.54, 1.807) is 49.6 Å². The molecule has 144 valence electrons. The van der Waals surface area contributed by atoms with Crippen LogP contribution in [0, 0.1) is 12.8 Å². The molecule has 8 heteroatoms. The minimum Gasteiger partial charge on any atom is -0.487 e. The lowest BCUT2D eigenvalue weighted by Crippen LogP contribution is -2.25. The number of aromatic nitrogens is 1. The molecule has 0 saturated carbocycles. The average Bonchev–Trinajstić information content (AvgIpc) is 3.40. The van der Waals surface area contributed by atoms with Crippen LogP contribution in [0.5, 0.6) is 5.75 Å². The Morgan fingerprint density at radius 2 is 2.21 bits per heavy atom. The van der Waals surface area contributed by atoms with E-state index in [1.165, 1.54) is 4.90 Å². The zero-order valence-electron chi connectivity index (χ0n) is 15.1. The second-order valence-corrected chi connectivity index (χ2v) is 6.53. The topological polar surface area (TPSA) is 106 Å². The van der Waals surface area contributed by atoms with E-state index in [2.05, 4.69) is 4.98 Å². The molecule has 1 N–H and O–H groups in total. The molecule has 1 atom stereocenters. The van der Waals surface area contributed by atoms with Gasteiger partial charge in [0.05, 0.1) is 12.2 Å². The molecule has 28 heavy (non-hydrogen) atoms. The Kier molecular flexibility index (Phi) is 4.60. The Morgan fingerprint density at radius 1 is 1.36 bits per heavy atom. The van der Waals surface area contributed by atoms with Crippen molar-refractivity contribution >= 4 is 17.6 Å².